The quantitative estimate of drug-likeness (QED) is 0.846. The standard InChI is InChI=1S/C14H16N2O3/c17-13-9-12(10-14(18)19)15-16(13)8-4-7-11-5-2-1-3-6-11/h1-3,5-6H,4,7-10H2,(H,18,19). The third-order valence-electron chi connectivity index (χ3n) is 2.94. The van der Waals surface area contributed by atoms with E-state index in [2.05, 4.69) is 5.10 Å². The SMILES string of the molecule is O=C(O)CC1=NN(CCCc2ccccc2)C(=O)C1. The van der Waals surface area contributed by atoms with Crippen LogP contribution in [0.5, 0.6) is 0 Å². The minimum absolute atomic E-state index is 0.107. The number of hydrogen-bond acceptors (Lipinski definition) is 3. The highest BCUT2D eigenvalue weighted by atomic mass is 16.4. The van der Waals surface area contributed by atoms with Crippen LogP contribution in [0.3, 0.4) is 0 Å². The molecular weight excluding hydrogens is 244 g/mol. The van der Waals surface area contributed by atoms with Gasteiger partial charge in [-0.05, 0) is 18.4 Å². The molecule has 1 aliphatic rings. The Morgan fingerprint density at radius 2 is 2.05 bits per heavy atom. The topological polar surface area (TPSA) is 70.0 Å². The predicted octanol–water partition coefficient (Wildman–Crippen LogP) is 1.68. The molecule has 2 rings (SSSR count). The number of aliphatic carboxylic acids is 1. The lowest BCUT2D eigenvalue weighted by atomic mass is 10.1. The zero-order chi connectivity index (χ0) is 13.7. The van der Waals surface area contributed by atoms with Crippen molar-refractivity contribution in [3.05, 3.63) is 35.9 Å². The molecule has 1 aromatic rings. The average Bonchev–Trinajstić information content (AvgIpc) is 2.70. The summed E-state index contributed by atoms with van der Waals surface area (Å²) in [7, 11) is 0. The number of rotatable bonds is 6. The lowest BCUT2D eigenvalue weighted by Gasteiger charge is -2.11. The van der Waals surface area contributed by atoms with Crippen molar-refractivity contribution in [2.24, 2.45) is 5.10 Å². The van der Waals surface area contributed by atoms with Gasteiger partial charge in [0.2, 0.25) is 5.91 Å². The van der Waals surface area contributed by atoms with Crippen molar-refractivity contribution in [1.29, 1.82) is 0 Å². The maximum Gasteiger partial charge on any atom is 0.309 e. The van der Waals surface area contributed by atoms with E-state index in [9.17, 15) is 9.59 Å². The van der Waals surface area contributed by atoms with Gasteiger partial charge in [0.05, 0.1) is 18.6 Å². The maximum absolute atomic E-state index is 11.6. The normalized spacial score (nSPS) is 14.6. The van der Waals surface area contributed by atoms with Gasteiger partial charge in [-0.3, -0.25) is 9.59 Å². The van der Waals surface area contributed by atoms with Crippen LogP contribution >= 0.6 is 0 Å². The molecule has 0 fully saturated rings. The summed E-state index contributed by atoms with van der Waals surface area (Å²) in [4.78, 5) is 22.2. The van der Waals surface area contributed by atoms with Gasteiger partial charge in [-0.15, -0.1) is 0 Å². The number of carboxylic acids is 1. The third-order valence-corrected chi connectivity index (χ3v) is 2.94. The van der Waals surface area contributed by atoms with Crippen LogP contribution in [0, 0.1) is 0 Å². The van der Waals surface area contributed by atoms with Crippen molar-refractivity contribution < 1.29 is 14.7 Å². The van der Waals surface area contributed by atoms with E-state index in [0.29, 0.717) is 12.3 Å². The minimum atomic E-state index is -0.947. The molecule has 5 heteroatoms. The summed E-state index contributed by atoms with van der Waals surface area (Å²) in [6.07, 6.45) is 1.69. The molecule has 1 heterocycles. The highest BCUT2D eigenvalue weighted by Gasteiger charge is 2.24. The van der Waals surface area contributed by atoms with Gasteiger partial charge in [0, 0.05) is 6.54 Å². The molecular formula is C14H16N2O3. The summed E-state index contributed by atoms with van der Waals surface area (Å²) in [6.45, 7) is 0.539. The Morgan fingerprint density at radius 3 is 2.74 bits per heavy atom. The lowest BCUT2D eigenvalue weighted by molar-refractivity contribution is -0.135. The van der Waals surface area contributed by atoms with E-state index in [4.69, 9.17) is 5.11 Å². The first-order chi connectivity index (χ1) is 9.15. The summed E-state index contributed by atoms with van der Waals surface area (Å²) in [5.41, 5.74) is 1.67. The van der Waals surface area contributed by atoms with Crippen LogP contribution in [0.2, 0.25) is 0 Å². The van der Waals surface area contributed by atoms with Crippen LogP contribution in [0.25, 0.3) is 0 Å². The number of aryl methyl sites for hydroxylation is 1. The molecule has 0 aromatic heterocycles. The lowest BCUT2D eigenvalue weighted by Crippen LogP contribution is -2.22. The number of carbonyl (C=O) groups excluding carboxylic acids is 1. The molecule has 5 nitrogen and oxygen atoms in total. The molecule has 0 atom stereocenters. The van der Waals surface area contributed by atoms with Gasteiger partial charge in [0.15, 0.2) is 0 Å². The van der Waals surface area contributed by atoms with Crippen molar-refractivity contribution >= 4 is 17.6 Å². The van der Waals surface area contributed by atoms with Crippen molar-refractivity contribution in [1.82, 2.24) is 5.01 Å². The van der Waals surface area contributed by atoms with Crippen LogP contribution in [0.4, 0.5) is 0 Å². The van der Waals surface area contributed by atoms with Crippen LogP contribution < -0.4 is 0 Å². The van der Waals surface area contributed by atoms with Crippen molar-refractivity contribution in [2.45, 2.75) is 25.7 Å². The fourth-order valence-electron chi connectivity index (χ4n) is 2.05. The zero-order valence-electron chi connectivity index (χ0n) is 10.6. The Kier molecular flexibility index (Phi) is 4.28. The van der Waals surface area contributed by atoms with Crippen LogP contribution in [-0.4, -0.2) is 34.2 Å². The van der Waals surface area contributed by atoms with Crippen molar-refractivity contribution in [3.63, 3.8) is 0 Å². The van der Waals surface area contributed by atoms with E-state index in [-0.39, 0.29) is 18.7 Å². The number of amides is 1. The first kappa shape index (κ1) is 13.3. The molecule has 0 bridgehead atoms. The van der Waals surface area contributed by atoms with Gasteiger partial charge < -0.3 is 5.11 Å². The molecule has 0 saturated heterocycles. The first-order valence-corrected chi connectivity index (χ1v) is 6.27. The van der Waals surface area contributed by atoms with E-state index in [0.717, 1.165) is 12.8 Å². The molecule has 19 heavy (non-hydrogen) atoms. The molecule has 1 aromatic carbocycles. The van der Waals surface area contributed by atoms with Gasteiger partial charge in [0.25, 0.3) is 0 Å². The maximum atomic E-state index is 11.6. The van der Waals surface area contributed by atoms with Gasteiger partial charge >= 0.3 is 5.97 Å². The molecule has 0 radical (unpaired) electrons. The van der Waals surface area contributed by atoms with Crippen LogP contribution in [0.15, 0.2) is 35.4 Å². The number of hydrazone groups is 1. The number of benzene rings is 1. The highest BCUT2D eigenvalue weighted by Crippen LogP contribution is 2.12. The molecule has 0 spiro atoms. The smallest absolute Gasteiger partial charge is 0.309 e. The molecule has 1 N–H and O–H groups in total. The number of carboxylic acid groups (broad SMARTS) is 1. The largest absolute Gasteiger partial charge is 0.481 e. The van der Waals surface area contributed by atoms with E-state index >= 15 is 0 Å². The summed E-state index contributed by atoms with van der Waals surface area (Å²) in [5, 5.41) is 14.1. The van der Waals surface area contributed by atoms with Gasteiger partial charge in [-0.2, -0.15) is 5.10 Å². The van der Waals surface area contributed by atoms with Gasteiger partial charge in [-0.25, -0.2) is 5.01 Å². The van der Waals surface area contributed by atoms with Crippen molar-refractivity contribution in [2.75, 3.05) is 6.54 Å². The second-order valence-corrected chi connectivity index (χ2v) is 4.52. The summed E-state index contributed by atoms with van der Waals surface area (Å²) in [5.74, 6) is -1.05. The number of carbonyl (C=O) groups is 2. The van der Waals surface area contributed by atoms with Crippen molar-refractivity contribution in [3.8, 4) is 0 Å². The van der Waals surface area contributed by atoms with E-state index < -0.39 is 5.97 Å². The molecule has 0 saturated carbocycles. The van der Waals surface area contributed by atoms with E-state index in [1.807, 2.05) is 30.3 Å². The predicted molar refractivity (Wildman–Crippen MR) is 70.8 cm³/mol. The Labute approximate surface area is 111 Å². The number of nitrogens with zero attached hydrogens (tertiary/aromatic N) is 2. The van der Waals surface area contributed by atoms with Crippen LogP contribution in [-0.2, 0) is 16.0 Å². The Balaban J connectivity index is 1.81. The van der Waals surface area contributed by atoms with Crippen LogP contribution in [0.1, 0.15) is 24.8 Å². The Hall–Kier alpha value is -2.17. The first-order valence-electron chi connectivity index (χ1n) is 6.27. The fraction of sp³-hybridized carbons (Fsp3) is 0.357. The summed E-state index contributed by atoms with van der Waals surface area (Å²) in [6, 6.07) is 10.0. The van der Waals surface area contributed by atoms with E-state index in [1.165, 1.54) is 10.6 Å². The van der Waals surface area contributed by atoms with E-state index in [1.54, 1.807) is 0 Å². The molecule has 0 aliphatic carbocycles. The van der Waals surface area contributed by atoms with Gasteiger partial charge in [-0.1, -0.05) is 30.3 Å². The third kappa shape index (κ3) is 3.91. The number of hydrogen-bond donors (Lipinski definition) is 1. The Morgan fingerprint density at radius 1 is 1.32 bits per heavy atom. The average molecular weight is 260 g/mol. The summed E-state index contributed by atoms with van der Waals surface area (Å²) >= 11 is 0. The zero-order valence-corrected chi connectivity index (χ0v) is 10.6. The fourth-order valence-corrected chi connectivity index (χ4v) is 2.05. The minimum Gasteiger partial charge on any atom is -0.481 e. The monoisotopic (exact) mass is 260 g/mol. The molecule has 1 amide bonds. The molecule has 0 unspecified atom stereocenters. The Bertz CT molecular complexity index is 497. The second-order valence-electron chi connectivity index (χ2n) is 4.52. The molecule has 1 aliphatic heterocycles. The highest BCUT2D eigenvalue weighted by molar-refractivity contribution is 6.10. The molecule has 100 valence electrons. The summed E-state index contributed by atoms with van der Waals surface area (Å²) < 4.78 is 0. The van der Waals surface area contributed by atoms with Gasteiger partial charge in [0.1, 0.15) is 0 Å². The second kappa shape index (κ2) is 6.13.